The van der Waals surface area contributed by atoms with Crippen LogP contribution in [0.4, 0.5) is 5.13 Å². The summed E-state index contributed by atoms with van der Waals surface area (Å²) in [6, 6.07) is 5.59. The molecule has 1 aromatic heterocycles. The smallest absolute Gasteiger partial charge is 0.250 e. The molecule has 5 nitrogen and oxygen atoms in total. The third kappa shape index (κ3) is 4.83. The number of hydrogen-bond acceptors (Lipinski definition) is 5. The molecule has 1 aromatic carbocycles. The van der Waals surface area contributed by atoms with E-state index >= 15 is 0 Å². The third-order valence-electron chi connectivity index (χ3n) is 3.25. The standard InChI is InChI=1S/C18H22N2O3S/c1-5-22-15-9-7-14(11-16(15)23-6-2)8-10-17(21)20-18-19-12(3)13(4)24-18/h7-11H,5-6H2,1-4H3,(H,19,20,21). The van der Waals surface area contributed by atoms with Crippen molar-refractivity contribution in [2.75, 3.05) is 18.5 Å². The van der Waals surface area contributed by atoms with E-state index in [0.29, 0.717) is 29.8 Å². The molecule has 6 heteroatoms. The van der Waals surface area contributed by atoms with E-state index < -0.39 is 0 Å². The summed E-state index contributed by atoms with van der Waals surface area (Å²) >= 11 is 1.47. The van der Waals surface area contributed by atoms with Gasteiger partial charge in [0.15, 0.2) is 16.6 Å². The number of amides is 1. The Bertz CT molecular complexity index is 718. The Hall–Kier alpha value is -2.34. The second kappa shape index (κ2) is 8.49. The molecule has 2 aromatic rings. The van der Waals surface area contributed by atoms with Crippen LogP contribution in [0, 0.1) is 13.8 Å². The van der Waals surface area contributed by atoms with Gasteiger partial charge in [0.2, 0.25) is 5.91 Å². The SMILES string of the molecule is CCOc1ccc(C=CC(=O)Nc2nc(C)c(C)s2)cc1OCC. The molecule has 0 radical (unpaired) electrons. The minimum atomic E-state index is -0.212. The van der Waals surface area contributed by atoms with Gasteiger partial charge in [-0.25, -0.2) is 4.98 Å². The molecule has 128 valence electrons. The number of carbonyl (C=O) groups is 1. The summed E-state index contributed by atoms with van der Waals surface area (Å²) in [4.78, 5) is 17.4. The van der Waals surface area contributed by atoms with Crippen LogP contribution >= 0.6 is 11.3 Å². The Kier molecular flexibility index (Phi) is 6.37. The molecular formula is C18H22N2O3S. The van der Waals surface area contributed by atoms with E-state index in [9.17, 15) is 4.79 Å². The fourth-order valence-corrected chi connectivity index (χ4v) is 2.83. The fraction of sp³-hybridized carbons (Fsp3) is 0.333. The monoisotopic (exact) mass is 346 g/mol. The summed E-state index contributed by atoms with van der Waals surface area (Å²) < 4.78 is 11.1. The first-order valence-electron chi connectivity index (χ1n) is 7.86. The third-order valence-corrected chi connectivity index (χ3v) is 4.24. The zero-order valence-corrected chi connectivity index (χ0v) is 15.2. The van der Waals surface area contributed by atoms with Gasteiger partial charge in [-0.05, 0) is 51.5 Å². The topological polar surface area (TPSA) is 60.5 Å². The van der Waals surface area contributed by atoms with Crippen molar-refractivity contribution in [1.82, 2.24) is 4.98 Å². The van der Waals surface area contributed by atoms with Crippen molar-refractivity contribution in [1.29, 1.82) is 0 Å². The quantitative estimate of drug-likeness (QED) is 0.763. The highest BCUT2D eigenvalue weighted by Crippen LogP contribution is 2.29. The predicted octanol–water partition coefficient (Wildman–Crippen LogP) is 4.21. The van der Waals surface area contributed by atoms with E-state index in [-0.39, 0.29) is 5.91 Å². The summed E-state index contributed by atoms with van der Waals surface area (Å²) in [7, 11) is 0. The van der Waals surface area contributed by atoms with Gasteiger partial charge in [-0.1, -0.05) is 6.07 Å². The zero-order chi connectivity index (χ0) is 17.5. The number of rotatable bonds is 7. The molecule has 1 N–H and O–H groups in total. The summed E-state index contributed by atoms with van der Waals surface area (Å²) in [6.07, 6.45) is 3.22. The lowest BCUT2D eigenvalue weighted by molar-refractivity contribution is -0.111. The second-order valence-corrected chi connectivity index (χ2v) is 6.26. The van der Waals surface area contributed by atoms with Crippen LogP contribution in [0.15, 0.2) is 24.3 Å². The van der Waals surface area contributed by atoms with E-state index in [1.807, 2.05) is 45.9 Å². The van der Waals surface area contributed by atoms with Crippen LogP contribution < -0.4 is 14.8 Å². The molecule has 0 aliphatic rings. The van der Waals surface area contributed by atoms with Crippen LogP contribution in [0.3, 0.4) is 0 Å². The van der Waals surface area contributed by atoms with Gasteiger partial charge in [0.1, 0.15) is 0 Å². The van der Waals surface area contributed by atoms with Crippen molar-refractivity contribution in [3.8, 4) is 11.5 Å². The summed E-state index contributed by atoms with van der Waals surface area (Å²) in [5.41, 5.74) is 1.80. The number of benzene rings is 1. The van der Waals surface area contributed by atoms with E-state index in [0.717, 1.165) is 16.1 Å². The summed E-state index contributed by atoms with van der Waals surface area (Å²) in [5.74, 6) is 1.17. The maximum atomic E-state index is 12.0. The number of aryl methyl sites for hydroxylation is 2. The predicted molar refractivity (Wildman–Crippen MR) is 98.0 cm³/mol. The number of aromatic nitrogens is 1. The molecule has 0 saturated heterocycles. The van der Waals surface area contributed by atoms with Crippen molar-refractivity contribution in [3.05, 3.63) is 40.4 Å². The number of carbonyl (C=O) groups excluding carboxylic acids is 1. The Labute approximate surface area is 146 Å². The molecule has 0 aliphatic carbocycles. The van der Waals surface area contributed by atoms with E-state index in [4.69, 9.17) is 9.47 Å². The Morgan fingerprint density at radius 3 is 2.54 bits per heavy atom. The van der Waals surface area contributed by atoms with Gasteiger partial charge in [0.05, 0.1) is 18.9 Å². The highest BCUT2D eigenvalue weighted by molar-refractivity contribution is 7.15. The second-order valence-electron chi connectivity index (χ2n) is 5.06. The molecule has 2 rings (SSSR count). The van der Waals surface area contributed by atoms with Crippen LogP contribution in [0.25, 0.3) is 6.08 Å². The first kappa shape index (κ1) is 18.0. The van der Waals surface area contributed by atoms with Crippen LogP contribution in [-0.2, 0) is 4.79 Å². The minimum Gasteiger partial charge on any atom is -0.490 e. The molecule has 0 atom stereocenters. The molecule has 0 unspecified atom stereocenters. The molecule has 1 amide bonds. The largest absolute Gasteiger partial charge is 0.490 e. The average Bonchev–Trinajstić information content (AvgIpc) is 2.85. The minimum absolute atomic E-state index is 0.212. The first-order valence-corrected chi connectivity index (χ1v) is 8.67. The number of nitrogens with zero attached hydrogens (tertiary/aromatic N) is 1. The molecular weight excluding hydrogens is 324 g/mol. The molecule has 24 heavy (non-hydrogen) atoms. The van der Waals surface area contributed by atoms with Gasteiger partial charge < -0.3 is 9.47 Å². The zero-order valence-electron chi connectivity index (χ0n) is 14.4. The summed E-state index contributed by atoms with van der Waals surface area (Å²) in [6.45, 7) is 8.88. The lowest BCUT2D eigenvalue weighted by Gasteiger charge is -2.11. The van der Waals surface area contributed by atoms with Gasteiger partial charge in [-0.3, -0.25) is 10.1 Å². The maximum Gasteiger partial charge on any atom is 0.250 e. The van der Waals surface area contributed by atoms with Gasteiger partial charge in [0, 0.05) is 11.0 Å². The van der Waals surface area contributed by atoms with Crippen LogP contribution in [-0.4, -0.2) is 24.1 Å². The number of nitrogens with one attached hydrogen (secondary N) is 1. The normalized spacial score (nSPS) is 10.8. The highest BCUT2D eigenvalue weighted by Gasteiger charge is 2.07. The Morgan fingerprint density at radius 1 is 1.21 bits per heavy atom. The molecule has 0 fully saturated rings. The average molecular weight is 346 g/mol. The van der Waals surface area contributed by atoms with Gasteiger partial charge >= 0.3 is 0 Å². The van der Waals surface area contributed by atoms with Crippen LogP contribution in [0.1, 0.15) is 30.0 Å². The Balaban J connectivity index is 2.07. The molecule has 0 bridgehead atoms. The van der Waals surface area contributed by atoms with Crippen molar-refractivity contribution < 1.29 is 14.3 Å². The number of ether oxygens (including phenoxy) is 2. The maximum absolute atomic E-state index is 12.0. The Morgan fingerprint density at radius 2 is 1.92 bits per heavy atom. The van der Waals surface area contributed by atoms with Gasteiger partial charge in [0.25, 0.3) is 0 Å². The molecule has 0 saturated carbocycles. The van der Waals surface area contributed by atoms with E-state index in [2.05, 4.69) is 10.3 Å². The van der Waals surface area contributed by atoms with Crippen molar-refractivity contribution in [3.63, 3.8) is 0 Å². The lowest BCUT2D eigenvalue weighted by Crippen LogP contribution is -2.07. The van der Waals surface area contributed by atoms with Crippen molar-refractivity contribution in [2.45, 2.75) is 27.7 Å². The molecule has 0 spiro atoms. The van der Waals surface area contributed by atoms with Gasteiger partial charge in [-0.15, -0.1) is 11.3 Å². The van der Waals surface area contributed by atoms with Crippen LogP contribution in [0.5, 0.6) is 11.5 Å². The van der Waals surface area contributed by atoms with Gasteiger partial charge in [-0.2, -0.15) is 0 Å². The molecule has 1 heterocycles. The number of anilines is 1. The van der Waals surface area contributed by atoms with E-state index in [1.165, 1.54) is 17.4 Å². The highest BCUT2D eigenvalue weighted by atomic mass is 32.1. The lowest BCUT2D eigenvalue weighted by atomic mass is 10.2. The summed E-state index contributed by atoms with van der Waals surface area (Å²) in [5, 5.41) is 3.38. The number of thiazole rings is 1. The molecule has 0 aliphatic heterocycles. The van der Waals surface area contributed by atoms with Crippen molar-refractivity contribution >= 4 is 28.5 Å². The number of hydrogen-bond donors (Lipinski definition) is 1. The van der Waals surface area contributed by atoms with Crippen molar-refractivity contribution in [2.24, 2.45) is 0 Å². The van der Waals surface area contributed by atoms with E-state index in [1.54, 1.807) is 6.08 Å². The first-order chi connectivity index (χ1) is 11.5. The van der Waals surface area contributed by atoms with Crippen LogP contribution in [0.2, 0.25) is 0 Å². The fourth-order valence-electron chi connectivity index (χ4n) is 2.02.